The first-order chi connectivity index (χ1) is 9.25. The maximum Gasteiger partial charge on any atom is 0.252 e. The molecule has 2 rings (SSSR count). The number of alkyl halides is 1. The first kappa shape index (κ1) is 16.2. The van der Waals surface area contributed by atoms with Gasteiger partial charge in [0, 0.05) is 37.6 Å². The van der Waals surface area contributed by atoms with Gasteiger partial charge in [-0.05, 0) is 37.8 Å². The molecule has 1 saturated heterocycles. The molecular formula is C13H21ClN2O2S2. The molecule has 7 heteroatoms. The Morgan fingerprint density at radius 2 is 1.85 bits per heavy atom. The summed E-state index contributed by atoms with van der Waals surface area (Å²) in [5.74, 6) is 0.351. The highest BCUT2D eigenvalue weighted by molar-refractivity contribution is 7.91. The third kappa shape index (κ3) is 3.36. The van der Waals surface area contributed by atoms with Crippen molar-refractivity contribution < 1.29 is 8.42 Å². The number of nitrogens with zero attached hydrogens (tertiary/aromatic N) is 2. The van der Waals surface area contributed by atoms with Crippen LogP contribution in [-0.2, 0) is 15.9 Å². The highest BCUT2D eigenvalue weighted by Crippen LogP contribution is 2.26. The lowest BCUT2D eigenvalue weighted by molar-refractivity contribution is 0.0922. The summed E-state index contributed by atoms with van der Waals surface area (Å²) in [6.07, 6.45) is 0. The fourth-order valence-corrected chi connectivity index (χ4v) is 5.31. The molecule has 4 nitrogen and oxygen atoms in total. The number of sulfonamides is 1. The Morgan fingerprint density at radius 3 is 2.30 bits per heavy atom. The summed E-state index contributed by atoms with van der Waals surface area (Å²) in [6, 6.07) is 1.68. The number of piperazine rings is 1. The average Bonchev–Trinajstić information content (AvgIpc) is 2.87. The van der Waals surface area contributed by atoms with Gasteiger partial charge in [-0.15, -0.1) is 22.9 Å². The van der Waals surface area contributed by atoms with Gasteiger partial charge in [0.05, 0.1) is 0 Å². The lowest BCUT2D eigenvalue weighted by atomic mass is 10.1. The van der Waals surface area contributed by atoms with E-state index in [1.807, 2.05) is 5.38 Å². The predicted molar refractivity (Wildman–Crippen MR) is 84.0 cm³/mol. The molecule has 0 radical (unpaired) electrons. The van der Waals surface area contributed by atoms with Gasteiger partial charge in [-0.2, -0.15) is 4.31 Å². The van der Waals surface area contributed by atoms with E-state index in [1.54, 1.807) is 10.4 Å². The summed E-state index contributed by atoms with van der Waals surface area (Å²) in [5.41, 5.74) is 0.952. The van der Waals surface area contributed by atoms with E-state index in [1.165, 1.54) is 11.3 Å². The maximum atomic E-state index is 12.5. The lowest BCUT2D eigenvalue weighted by Gasteiger charge is -2.41. The Kier molecular flexibility index (Phi) is 4.81. The summed E-state index contributed by atoms with van der Waals surface area (Å²) in [5, 5.41) is 1.81. The second kappa shape index (κ2) is 5.93. The zero-order valence-electron chi connectivity index (χ0n) is 12.1. The van der Waals surface area contributed by atoms with Gasteiger partial charge in [-0.1, -0.05) is 0 Å². The topological polar surface area (TPSA) is 40.6 Å². The molecule has 114 valence electrons. The van der Waals surface area contributed by atoms with E-state index in [2.05, 4.69) is 25.7 Å². The first-order valence-corrected chi connectivity index (χ1v) is 9.49. The van der Waals surface area contributed by atoms with Gasteiger partial charge in [-0.25, -0.2) is 8.42 Å². The van der Waals surface area contributed by atoms with E-state index in [0.29, 0.717) is 23.2 Å². The molecule has 1 fully saturated rings. The largest absolute Gasteiger partial charge is 0.296 e. The molecule has 1 aliphatic rings. The molecule has 0 N–H and O–H groups in total. The summed E-state index contributed by atoms with van der Waals surface area (Å²) < 4.78 is 27.1. The van der Waals surface area contributed by atoms with Crippen LogP contribution in [0, 0.1) is 0 Å². The van der Waals surface area contributed by atoms with Crippen LogP contribution in [-0.4, -0.2) is 49.3 Å². The minimum atomic E-state index is -3.35. The number of hydrogen-bond donors (Lipinski definition) is 0. The molecule has 1 aromatic rings. The summed E-state index contributed by atoms with van der Waals surface area (Å²) >= 11 is 6.99. The zero-order chi connectivity index (χ0) is 15.0. The zero-order valence-corrected chi connectivity index (χ0v) is 14.5. The van der Waals surface area contributed by atoms with E-state index in [0.717, 1.165) is 18.7 Å². The Hall–Kier alpha value is -0.140. The second-order valence-corrected chi connectivity index (χ2v) is 9.31. The van der Waals surface area contributed by atoms with Gasteiger partial charge in [0.15, 0.2) is 0 Å². The van der Waals surface area contributed by atoms with Gasteiger partial charge in [0.2, 0.25) is 0 Å². The second-order valence-electron chi connectivity index (χ2n) is 5.97. The third-order valence-electron chi connectivity index (χ3n) is 3.57. The molecule has 1 aliphatic heterocycles. The summed E-state index contributed by atoms with van der Waals surface area (Å²) in [7, 11) is -3.35. The van der Waals surface area contributed by atoms with Crippen LogP contribution >= 0.6 is 22.9 Å². The fourth-order valence-electron chi connectivity index (χ4n) is 2.29. The Labute approximate surface area is 130 Å². The summed E-state index contributed by atoms with van der Waals surface area (Å²) in [4.78, 5) is 2.32. The Bertz CT molecular complexity index is 555. The molecular weight excluding hydrogens is 316 g/mol. The number of hydrogen-bond acceptors (Lipinski definition) is 4. The molecule has 0 amide bonds. The van der Waals surface area contributed by atoms with Crippen molar-refractivity contribution in [2.45, 2.75) is 36.4 Å². The van der Waals surface area contributed by atoms with E-state index >= 15 is 0 Å². The first-order valence-electron chi connectivity index (χ1n) is 6.64. The molecule has 0 spiro atoms. The monoisotopic (exact) mass is 336 g/mol. The van der Waals surface area contributed by atoms with Crippen LogP contribution in [0.5, 0.6) is 0 Å². The van der Waals surface area contributed by atoms with Gasteiger partial charge >= 0.3 is 0 Å². The minimum absolute atomic E-state index is 0.0879. The molecule has 0 aliphatic carbocycles. The van der Waals surface area contributed by atoms with Gasteiger partial charge in [-0.3, -0.25) is 4.90 Å². The third-order valence-corrected chi connectivity index (χ3v) is 7.24. The van der Waals surface area contributed by atoms with Crippen LogP contribution in [0.3, 0.4) is 0 Å². The fraction of sp³-hybridized carbons (Fsp3) is 0.692. The standard InChI is InChI=1S/C13H21ClN2O2S2/c1-13(2,3)15-4-6-16(7-5-15)20(17,18)12-8-11(9-14)10-19-12/h8,10H,4-7,9H2,1-3H3. The Balaban J connectivity index is 2.09. The molecule has 0 unspecified atom stereocenters. The molecule has 0 saturated carbocycles. The lowest BCUT2D eigenvalue weighted by Crippen LogP contribution is -2.54. The van der Waals surface area contributed by atoms with E-state index in [-0.39, 0.29) is 5.54 Å². The average molecular weight is 337 g/mol. The van der Waals surface area contributed by atoms with Crippen LogP contribution in [0.1, 0.15) is 26.3 Å². The van der Waals surface area contributed by atoms with E-state index in [4.69, 9.17) is 11.6 Å². The smallest absolute Gasteiger partial charge is 0.252 e. The molecule has 0 atom stereocenters. The summed E-state index contributed by atoms with van der Waals surface area (Å²) in [6.45, 7) is 9.11. The normalized spacial score (nSPS) is 19.4. The molecule has 0 aromatic carbocycles. The predicted octanol–water partition coefficient (Wildman–Crippen LogP) is 2.59. The van der Waals surface area contributed by atoms with Crippen molar-refractivity contribution in [2.24, 2.45) is 0 Å². The van der Waals surface area contributed by atoms with Crippen molar-refractivity contribution >= 4 is 33.0 Å². The van der Waals surface area contributed by atoms with Crippen LogP contribution in [0.2, 0.25) is 0 Å². The quantitative estimate of drug-likeness (QED) is 0.797. The van der Waals surface area contributed by atoms with E-state index < -0.39 is 10.0 Å². The SMILES string of the molecule is CC(C)(C)N1CCN(S(=O)(=O)c2cc(CCl)cs2)CC1. The molecule has 2 heterocycles. The Morgan fingerprint density at radius 1 is 1.25 bits per heavy atom. The van der Waals surface area contributed by atoms with Crippen LogP contribution in [0.4, 0.5) is 0 Å². The van der Waals surface area contributed by atoms with Crippen molar-refractivity contribution in [2.75, 3.05) is 26.2 Å². The molecule has 0 bridgehead atoms. The maximum absolute atomic E-state index is 12.5. The van der Waals surface area contributed by atoms with Crippen LogP contribution < -0.4 is 0 Å². The van der Waals surface area contributed by atoms with Crippen molar-refractivity contribution in [1.82, 2.24) is 9.21 Å². The van der Waals surface area contributed by atoms with Gasteiger partial charge in [0.25, 0.3) is 10.0 Å². The van der Waals surface area contributed by atoms with Crippen LogP contribution in [0.25, 0.3) is 0 Å². The van der Waals surface area contributed by atoms with Crippen molar-refractivity contribution in [3.63, 3.8) is 0 Å². The highest BCUT2D eigenvalue weighted by Gasteiger charge is 2.32. The van der Waals surface area contributed by atoms with E-state index in [9.17, 15) is 8.42 Å². The van der Waals surface area contributed by atoms with Gasteiger partial charge < -0.3 is 0 Å². The van der Waals surface area contributed by atoms with Crippen LogP contribution in [0.15, 0.2) is 15.7 Å². The number of thiophene rings is 1. The number of rotatable bonds is 3. The minimum Gasteiger partial charge on any atom is -0.296 e. The highest BCUT2D eigenvalue weighted by atomic mass is 35.5. The van der Waals surface area contributed by atoms with Crippen molar-refractivity contribution in [1.29, 1.82) is 0 Å². The van der Waals surface area contributed by atoms with Crippen molar-refractivity contribution in [3.8, 4) is 0 Å². The number of halogens is 1. The van der Waals surface area contributed by atoms with Crippen molar-refractivity contribution in [3.05, 3.63) is 17.0 Å². The molecule has 1 aromatic heterocycles. The molecule has 20 heavy (non-hydrogen) atoms. The van der Waals surface area contributed by atoms with Gasteiger partial charge in [0.1, 0.15) is 4.21 Å².